The van der Waals surface area contributed by atoms with Crippen LogP contribution in [-0.2, 0) is 9.59 Å². The smallest absolute Gasteiger partial charge is 0.303 e. The van der Waals surface area contributed by atoms with Crippen LogP contribution >= 0.6 is 0 Å². The number of hydrogen-bond donors (Lipinski definition) is 1. The van der Waals surface area contributed by atoms with E-state index in [1.807, 2.05) is 11.8 Å². The molecule has 1 fully saturated rings. The second-order valence-electron chi connectivity index (χ2n) is 4.52. The Hall–Kier alpha value is -1.06. The van der Waals surface area contributed by atoms with Crippen molar-refractivity contribution in [1.82, 2.24) is 4.90 Å². The fraction of sp³-hybridized carbons (Fsp3) is 0.833. The zero-order valence-corrected chi connectivity index (χ0v) is 9.95. The molecule has 0 radical (unpaired) electrons. The molecular weight excluding hydrogens is 206 g/mol. The molecule has 16 heavy (non-hydrogen) atoms. The Morgan fingerprint density at radius 2 is 2.19 bits per heavy atom. The van der Waals surface area contributed by atoms with Crippen LogP contribution in [0.5, 0.6) is 0 Å². The molecular formula is C12H21NO3. The zero-order chi connectivity index (χ0) is 12.0. The fourth-order valence-corrected chi connectivity index (χ4v) is 2.13. The summed E-state index contributed by atoms with van der Waals surface area (Å²) in [6.07, 6.45) is 4.75. The number of carboxylic acids is 1. The highest BCUT2D eigenvalue weighted by molar-refractivity contribution is 5.76. The minimum Gasteiger partial charge on any atom is -0.481 e. The lowest BCUT2D eigenvalue weighted by Crippen LogP contribution is -2.35. The van der Waals surface area contributed by atoms with Crippen LogP contribution in [0, 0.1) is 5.92 Å². The molecule has 1 aliphatic heterocycles. The van der Waals surface area contributed by atoms with Gasteiger partial charge in [0.25, 0.3) is 0 Å². The van der Waals surface area contributed by atoms with E-state index in [1.165, 1.54) is 0 Å². The lowest BCUT2D eigenvalue weighted by Gasteiger charge is -2.25. The summed E-state index contributed by atoms with van der Waals surface area (Å²) in [5.74, 6) is -0.477. The van der Waals surface area contributed by atoms with Crippen molar-refractivity contribution in [1.29, 1.82) is 0 Å². The first-order valence-electron chi connectivity index (χ1n) is 6.13. The van der Waals surface area contributed by atoms with Crippen LogP contribution < -0.4 is 0 Å². The maximum atomic E-state index is 11.7. The van der Waals surface area contributed by atoms with E-state index in [2.05, 4.69) is 0 Å². The van der Waals surface area contributed by atoms with Gasteiger partial charge in [0.2, 0.25) is 5.91 Å². The number of rotatable bonds is 5. The molecule has 1 rings (SSSR count). The first kappa shape index (κ1) is 13.0. The molecule has 0 spiro atoms. The van der Waals surface area contributed by atoms with E-state index in [0.29, 0.717) is 13.0 Å². The van der Waals surface area contributed by atoms with Crippen molar-refractivity contribution in [3.63, 3.8) is 0 Å². The summed E-state index contributed by atoms with van der Waals surface area (Å²) in [7, 11) is 0. The van der Waals surface area contributed by atoms with Gasteiger partial charge >= 0.3 is 5.97 Å². The molecule has 1 aliphatic rings. The summed E-state index contributed by atoms with van der Waals surface area (Å²) >= 11 is 0. The van der Waals surface area contributed by atoms with Crippen molar-refractivity contribution in [2.45, 2.75) is 45.4 Å². The Morgan fingerprint density at radius 1 is 1.44 bits per heavy atom. The minimum absolute atomic E-state index is 0.0968. The van der Waals surface area contributed by atoms with Gasteiger partial charge in [0, 0.05) is 25.9 Å². The summed E-state index contributed by atoms with van der Waals surface area (Å²) in [6, 6.07) is 0. The quantitative estimate of drug-likeness (QED) is 0.780. The van der Waals surface area contributed by atoms with Gasteiger partial charge < -0.3 is 10.0 Å². The number of amides is 1. The van der Waals surface area contributed by atoms with Crippen LogP contribution in [0.2, 0.25) is 0 Å². The minimum atomic E-state index is -0.769. The van der Waals surface area contributed by atoms with E-state index in [-0.39, 0.29) is 18.2 Å². The molecule has 0 aromatic heterocycles. The molecule has 0 aromatic rings. The van der Waals surface area contributed by atoms with Crippen LogP contribution in [-0.4, -0.2) is 35.0 Å². The third kappa shape index (κ3) is 4.21. The summed E-state index contributed by atoms with van der Waals surface area (Å²) in [4.78, 5) is 24.2. The van der Waals surface area contributed by atoms with Crippen molar-refractivity contribution >= 4 is 11.9 Å². The van der Waals surface area contributed by atoms with Gasteiger partial charge in [-0.15, -0.1) is 0 Å². The lowest BCUT2D eigenvalue weighted by molar-refractivity contribution is -0.139. The maximum Gasteiger partial charge on any atom is 0.303 e. The largest absolute Gasteiger partial charge is 0.481 e. The van der Waals surface area contributed by atoms with Crippen molar-refractivity contribution in [3.05, 3.63) is 0 Å². The predicted molar refractivity (Wildman–Crippen MR) is 61.1 cm³/mol. The number of nitrogens with zero attached hydrogens (tertiary/aromatic N) is 1. The third-order valence-electron chi connectivity index (χ3n) is 3.19. The van der Waals surface area contributed by atoms with Crippen molar-refractivity contribution in [2.24, 2.45) is 5.92 Å². The SMILES string of the molecule is CCC(CC(=O)O)CN1CCCCCC1=O. The molecule has 1 unspecified atom stereocenters. The Bertz CT molecular complexity index is 253. The number of carbonyl (C=O) groups is 2. The van der Waals surface area contributed by atoms with Crippen LogP contribution in [0.15, 0.2) is 0 Å². The standard InChI is InChI=1S/C12H21NO3/c1-2-10(8-12(15)16)9-13-7-5-3-4-6-11(13)14/h10H,2-9H2,1H3,(H,15,16). The maximum absolute atomic E-state index is 11.7. The molecule has 4 heteroatoms. The Morgan fingerprint density at radius 3 is 2.81 bits per heavy atom. The number of hydrogen-bond acceptors (Lipinski definition) is 2. The topological polar surface area (TPSA) is 57.6 Å². The third-order valence-corrected chi connectivity index (χ3v) is 3.19. The summed E-state index contributed by atoms with van der Waals surface area (Å²) in [6.45, 7) is 3.40. The molecule has 4 nitrogen and oxygen atoms in total. The zero-order valence-electron chi connectivity index (χ0n) is 9.95. The number of carboxylic acid groups (broad SMARTS) is 1. The highest BCUT2D eigenvalue weighted by atomic mass is 16.4. The molecule has 1 N–H and O–H groups in total. The monoisotopic (exact) mass is 227 g/mol. The number of carbonyl (C=O) groups excluding carboxylic acids is 1. The summed E-state index contributed by atoms with van der Waals surface area (Å²) < 4.78 is 0. The van der Waals surface area contributed by atoms with Crippen molar-refractivity contribution < 1.29 is 14.7 Å². The van der Waals surface area contributed by atoms with Crippen LogP contribution in [0.25, 0.3) is 0 Å². The highest BCUT2D eigenvalue weighted by Crippen LogP contribution is 2.16. The number of likely N-dealkylation sites (tertiary alicyclic amines) is 1. The molecule has 1 saturated heterocycles. The van der Waals surface area contributed by atoms with Gasteiger partial charge in [0.15, 0.2) is 0 Å². The average molecular weight is 227 g/mol. The Labute approximate surface area is 96.6 Å². The number of aliphatic carboxylic acids is 1. The highest BCUT2D eigenvalue weighted by Gasteiger charge is 2.21. The van der Waals surface area contributed by atoms with Crippen molar-refractivity contribution in [2.75, 3.05) is 13.1 Å². The predicted octanol–water partition coefficient (Wildman–Crippen LogP) is 1.89. The average Bonchev–Trinajstić information content (AvgIpc) is 2.42. The van der Waals surface area contributed by atoms with E-state index < -0.39 is 5.97 Å². The van der Waals surface area contributed by atoms with Gasteiger partial charge in [-0.3, -0.25) is 9.59 Å². The van der Waals surface area contributed by atoms with E-state index in [0.717, 1.165) is 32.2 Å². The molecule has 0 aromatic carbocycles. The van der Waals surface area contributed by atoms with E-state index >= 15 is 0 Å². The van der Waals surface area contributed by atoms with Crippen LogP contribution in [0.3, 0.4) is 0 Å². The van der Waals surface area contributed by atoms with Gasteiger partial charge in [0.05, 0.1) is 0 Å². The molecule has 0 aliphatic carbocycles. The first-order chi connectivity index (χ1) is 7.63. The van der Waals surface area contributed by atoms with Gasteiger partial charge in [-0.1, -0.05) is 19.8 Å². The molecule has 1 amide bonds. The van der Waals surface area contributed by atoms with Gasteiger partial charge in [0.1, 0.15) is 0 Å². The van der Waals surface area contributed by atoms with Crippen LogP contribution in [0.4, 0.5) is 0 Å². The van der Waals surface area contributed by atoms with E-state index in [9.17, 15) is 9.59 Å². The lowest BCUT2D eigenvalue weighted by atomic mass is 10.0. The first-order valence-corrected chi connectivity index (χ1v) is 6.13. The second-order valence-corrected chi connectivity index (χ2v) is 4.52. The van der Waals surface area contributed by atoms with E-state index in [4.69, 9.17) is 5.11 Å². The second kappa shape index (κ2) is 6.51. The van der Waals surface area contributed by atoms with Gasteiger partial charge in [-0.25, -0.2) is 0 Å². The van der Waals surface area contributed by atoms with Crippen molar-refractivity contribution in [3.8, 4) is 0 Å². The molecule has 0 saturated carbocycles. The molecule has 1 atom stereocenters. The van der Waals surface area contributed by atoms with Gasteiger partial charge in [-0.05, 0) is 18.8 Å². The molecule has 92 valence electrons. The Kier molecular flexibility index (Phi) is 5.29. The fourth-order valence-electron chi connectivity index (χ4n) is 2.13. The van der Waals surface area contributed by atoms with Gasteiger partial charge in [-0.2, -0.15) is 0 Å². The molecule has 1 heterocycles. The van der Waals surface area contributed by atoms with Crippen LogP contribution in [0.1, 0.15) is 45.4 Å². The summed E-state index contributed by atoms with van der Waals surface area (Å²) in [5.41, 5.74) is 0. The Balaban J connectivity index is 2.48. The summed E-state index contributed by atoms with van der Waals surface area (Å²) in [5, 5.41) is 8.76. The normalized spacial score (nSPS) is 19.3. The van der Waals surface area contributed by atoms with E-state index in [1.54, 1.807) is 0 Å². The molecule has 0 bridgehead atoms.